The maximum absolute atomic E-state index is 12.3. The number of fused-ring (bicyclic) bond motifs is 1. The van der Waals surface area contributed by atoms with Crippen molar-refractivity contribution in [1.29, 1.82) is 0 Å². The number of amides is 2. The number of methoxy groups -OCH3 is 1. The summed E-state index contributed by atoms with van der Waals surface area (Å²) < 4.78 is 5.27. The van der Waals surface area contributed by atoms with E-state index in [2.05, 4.69) is 10.6 Å². The molecule has 1 aliphatic carbocycles. The van der Waals surface area contributed by atoms with Gasteiger partial charge in [0.2, 0.25) is 11.8 Å². The zero-order chi connectivity index (χ0) is 19.4. The van der Waals surface area contributed by atoms with E-state index >= 15 is 0 Å². The standard InChI is InChI=1S/C19H25N3O5/c1-27-11-13-9-19(24)21-17-10-14(4-7-16(13)17)20-18(23)8-12-2-5-15(6-3-12)22(25)26/h2-3,5-6,13-14,16-17H,4,7-11H2,1H3,(H,20,23)(H,21,24). The first-order valence-electron chi connectivity index (χ1n) is 9.27. The topological polar surface area (TPSA) is 111 Å². The van der Waals surface area contributed by atoms with Crippen molar-refractivity contribution in [2.75, 3.05) is 13.7 Å². The third-order valence-electron chi connectivity index (χ3n) is 5.56. The highest BCUT2D eigenvalue weighted by Crippen LogP contribution is 2.35. The molecule has 1 saturated heterocycles. The molecule has 2 amide bonds. The predicted molar refractivity (Wildman–Crippen MR) is 98.0 cm³/mol. The number of nitrogens with zero attached hydrogens (tertiary/aromatic N) is 1. The number of nitrogens with one attached hydrogen (secondary N) is 2. The number of benzene rings is 1. The molecule has 4 unspecified atom stereocenters. The van der Waals surface area contributed by atoms with Gasteiger partial charge >= 0.3 is 0 Å². The maximum atomic E-state index is 12.3. The lowest BCUT2D eigenvalue weighted by atomic mass is 9.71. The van der Waals surface area contributed by atoms with E-state index in [1.54, 1.807) is 19.2 Å². The molecule has 0 bridgehead atoms. The highest BCUT2D eigenvalue weighted by Gasteiger charge is 2.40. The van der Waals surface area contributed by atoms with Gasteiger partial charge in [0.25, 0.3) is 5.69 Å². The smallest absolute Gasteiger partial charge is 0.269 e. The van der Waals surface area contributed by atoms with Crippen LogP contribution in [0.1, 0.15) is 31.2 Å². The number of hydrogen-bond donors (Lipinski definition) is 2. The molecule has 1 saturated carbocycles. The molecule has 1 aromatic carbocycles. The van der Waals surface area contributed by atoms with Crippen LogP contribution < -0.4 is 10.6 Å². The maximum Gasteiger partial charge on any atom is 0.269 e. The second-order valence-corrected chi connectivity index (χ2v) is 7.44. The summed E-state index contributed by atoms with van der Waals surface area (Å²) in [6, 6.07) is 6.11. The summed E-state index contributed by atoms with van der Waals surface area (Å²) in [4.78, 5) is 34.5. The second-order valence-electron chi connectivity index (χ2n) is 7.44. The van der Waals surface area contributed by atoms with Gasteiger partial charge in [0.05, 0.1) is 11.3 Å². The van der Waals surface area contributed by atoms with Gasteiger partial charge in [-0.15, -0.1) is 0 Å². The van der Waals surface area contributed by atoms with Crippen LogP contribution in [0.5, 0.6) is 0 Å². The molecule has 0 radical (unpaired) electrons. The van der Waals surface area contributed by atoms with Crippen LogP contribution in [-0.4, -0.2) is 42.5 Å². The second kappa shape index (κ2) is 8.47. The molecule has 2 fully saturated rings. The first-order chi connectivity index (χ1) is 13.0. The van der Waals surface area contributed by atoms with Crippen molar-refractivity contribution in [1.82, 2.24) is 10.6 Å². The summed E-state index contributed by atoms with van der Waals surface area (Å²) >= 11 is 0. The summed E-state index contributed by atoms with van der Waals surface area (Å²) in [5.41, 5.74) is 0.744. The minimum absolute atomic E-state index is 0.0103. The molecule has 3 rings (SSSR count). The van der Waals surface area contributed by atoms with E-state index in [9.17, 15) is 19.7 Å². The number of ether oxygens (including phenoxy) is 1. The Labute approximate surface area is 157 Å². The Hall–Kier alpha value is -2.48. The molecule has 0 aromatic heterocycles. The number of hydrogen-bond acceptors (Lipinski definition) is 5. The van der Waals surface area contributed by atoms with Crippen LogP contribution in [0.2, 0.25) is 0 Å². The van der Waals surface area contributed by atoms with E-state index in [-0.39, 0.29) is 41.9 Å². The van der Waals surface area contributed by atoms with Crippen molar-refractivity contribution >= 4 is 17.5 Å². The van der Waals surface area contributed by atoms with Gasteiger partial charge in [0, 0.05) is 44.4 Å². The van der Waals surface area contributed by atoms with Gasteiger partial charge in [-0.3, -0.25) is 19.7 Å². The first kappa shape index (κ1) is 19.3. The van der Waals surface area contributed by atoms with Gasteiger partial charge in [-0.2, -0.15) is 0 Å². The summed E-state index contributed by atoms with van der Waals surface area (Å²) in [6.45, 7) is 0.589. The van der Waals surface area contributed by atoms with E-state index in [0.717, 1.165) is 24.8 Å². The van der Waals surface area contributed by atoms with Crippen molar-refractivity contribution in [2.45, 2.75) is 44.2 Å². The molecule has 4 atom stereocenters. The predicted octanol–water partition coefficient (Wildman–Crippen LogP) is 1.57. The minimum Gasteiger partial charge on any atom is -0.384 e. The quantitative estimate of drug-likeness (QED) is 0.579. The van der Waals surface area contributed by atoms with Crippen LogP contribution in [0, 0.1) is 22.0 Å². The van der Waals surface area contributed by atoms with Crippen molar-refractivity contribution < 1.29 is 19.2 Å². The lowest BCUT2D eigenvalue weighted by Crippen LogP contribution is -2.56. The van der Waals surface area contributed by atoms with E-state index in [0.29, 0.717) is 18.9 Å². The van der Waals surface area contributed by atoms with Crippen LogP contribution in [0.3, 0.4) is 0 Å². The Morgan fingerprint density at radius 2 is 2.07 bits per heavy atom. The zero-order valence-corrected chi connectivity index (χ0v) is 15.3. The number of non-ortho nitro benzene ring substituents is 1. The molecule has 2 N–H and O–H groups in total. The molecule has 1 aliphatic heterocycles. The van der Waals surface area contributed by atoms with Crippen molar-refractivity contribution in [3.05, 3.63) is 39.9 Å². The third kappa shape index (κ3) is 4.82. The van der Waals surface area contributed by atoms with E-state index < -0.39 is 4.92 Å². The molecule has 1 heterocycles. The Bertz CT molecular complexity index is 706. The van der Waals surface area contributed by atoms with Crippen LogP contribution in [0.4, 0.5) is 5.69 Å². The van der Waals surface area contributed by atoms with E-state index in [1.165, 1.54) is 12.1 Å². The average Bonchev–Trinajstić information content (AvgIpc) is 2.62. The van der Waals surface area contributed by atoms with Gasteiger partial charge < -0.3 is 15.4 Å². The van der Waals surface area contributed by atoms with Crippen molar-refractivity contribution in [2.24, 2.45) is 11.8 Å². The van der Waals surface area contributed by atoms with Gasteiger partial charge in [-0.05, 0) is 36.7 Å². The molecule has 8 nitrogen and oxygen atoms in total. The van der Waals surface area contributed by atoms with E-state index in [1.807, 2.05) is 0 Å². The SMILES string of the molecule is COCC1CC(=O)NC2CC(NC(=O)Cc3ccc([N+](=O)[O-])cc3)CCC12. The summed E-state index contributed by atoms with van der Waals surface area (Å²) in [7, 11) is 1.66. The van der Waals surface area contributed by atoms with Crippen molar-refractivity contribution in [3.8, 4) is 0 Å². The first-order valence-corrected chi connectivity index (χ1v) is 9.27. The number of carbonyl (C=O) groups excluding carboxylic acids is 2. The zero-order valence-electron chi connectivity index (χ0n) is 15.3. The fraction of sp³-hybridized carbons (Fsp3) is 0.579. The van der Waals surface area contributed by atoms with Crippen LogP contribution >= 0.6 is 0 Å². The lowest BCUT2D eigenvalue weighted by Gasteiger charge is -2.43. The van der Waals surface area contributed by atoms with Gasteiger partial charge in [0.15, 0.2) is 0 Å². The number of rotatable bonds is 6. The fourth-order valence-corrected chi connectivity index (χ4v) is 4.31. The average molecular weight is 375 g/mol. The Kier molecular flexibility index (Phi) is 6.05. The Morgan fingerprint density at radius 3 is 2.74 bits per heavy atom. The normalized spacial score (nSPS) is 27.4. The Morgan fingerprint density at radius 1 is 1.33 bits per heavy atom. The van der Waals surface area contributed by atoms with Crippen LogP contribution in [0.25, 0.3) is 0 Å². The summed E-state index contributed by atoms with van der Waals surface area (Å²) in [6.07, 6.45) is 3.24. The van der Waals surface area contributed by atoms with Crippen LogP contribution in [-0.2, 0) is 20.7 Å². The highest BCUT2D eigenvalue weighted by atomic mass is 16.6. The van der Waals surface area contributed by atoms with Gasteiger partial charge in [-0.25, -0.2) is 0 Å². The molecule has 2 aliphatic rings. The highest BCUT2D eigenvalue weighted by molar-refractivity contribution is 5.79. The van der Waals surface area contributed by atoms with Crippen LogP contribution in [0.15, 0.2) is 24.3 Å². The third-order valence-corrected chi connectivity index (χ3v) is 5.56. The molecule has 1 aromatic rings. The van der Waals surface area contributed by atoms with E-state index in [4.69, 9.17) is 4.74 Å². The van der Waals surface area contributed by atoms with Gasteiger partial charge in [-0.1, -0.05) is 12.1 Å². The molecule has 146 valence electrons. The summed E-state index contributed by atoms with van der Waals surface area (Å²) in [5.74, 6) is 0.579. The number of nitro groups is 1. The lowest BCUT2D eigenvalue weighted by molar-refractivity contribution is -0.384. The van der Waals surface area contributed by atoms with Crippen molar-refractivity contribution in [3.63, 3.8) is 0 Å². The number of carbonyl (C=O) groups is 2. The Balaban J connectivity index is 1.53. The number of nitro benzene ring substituents is 1. The monoisotopic (exact) mass is 375 g/mol. The molecule has 27 heavy (non-hydrogen) atoms. The molecular weight excluding hydrogens is 350 g/mol. The molecular formula is C19H25N3O5. The minimum atomic E-state index is -0.461. The fourth-order valence-electron chi connectivity index (χ4n) is 4.31. The number of piperidine rings is 1. The van der Waals surface area contributed by atoms with Gasteiger partial charge in [0.1, 0.15) is 0 Å². The largest absolute Gasteiger partial charge is 0.384 e. The summed E-state index contributed by atoms with van der Waals surface area (Å²) in [5, 5.41) is 16.8. The molecule has 8 heteroatoms. The molecule has 0 spiro atoms.